The molecular weight excluding hydrogens is 272 g/mol. The fraction of sp³-hybridized carbons (Fsp3) is 0.368. The molecule has 3 nitrogen and oxygen atoms in total. The summed E-state index contributed by atoms with van der Waals surface area (Å²) in [5.74, 6) is 1.07. The summed E-state index contributed by atoms with van der Waals surface area (Å²) in [6, 6.07) is 14.8. The van der Waals surface area contributed by atoms with Crippen molar-refractivity contribution in [2.24, 2.45) is 0 Å². The van der Waals surface area contributed by atoms with Crippen molar-refractivity contribution in [2.75, 3.05) is 26.2 Å². The molecule has 1 aromatic heterocycles. The van der Waals surface area contributed by atoms with E-state index in [1.807, 2.05) is 12.1 Å². The zero-order valence-corrected chi connectivity index (χ0v) is 12.9. The molecule has 1 aliphatic heterocycles. The third-order valence-electron chi connectivity index (χ3n) is 4.16. The molecule has 1 aromatic carbocycles. The molecule has 116 valence electrons. The van der Waals surface area contributed by atoms with E-state index in [2.05, 4.69) is 52.7 Å². The van der Waals surface area contributed by atoms with Crippen molar-refractivity contribution in [1.82, 2.24) is 10.2 Å². The van der Waals surface area contributed by atoms with E-state index < -0.39 is 0 Å². The SMILES string of the molecule is C(=C\c1ccccc1)/CNCC(c1ccco1)N1CCCC1. The molecule has 1 saturated heterocycles. The lowest BCUT2D eigenvalue weighted by Crippen LogP contribution is -2.34. The van der Waals surface area contributed by atoms with Crippen LogP contribution in [0.5, 0.6) is 0 Å². The van der Waals surface area contributed by atoms with Gasteiger partial charge in [0.1, 0.15) is 5.76 Å². The normalized spacial score (nSPS) is 17.3. The molecule has 3 heteroatoms. The Morgan fingerprint density at radius 1 is 1.09 bits per heavy atom. The fourth-order valence-corrected chi connectivity index (χ4v) is 3.01. The number of benzene rings is 1. The maximum Gasteiger partial charge on any atom is 0.122 e. The maximum absolute atomic E-state index is 5.63. The van der Waals surface area contributed by atoms with Crippen LogP contribution in [0.25, 0.3) is 6.08 Å². The van der Waals surface area contributed by atoms with Gasteiger partial charge in [0.15, 0.2) is 0 Å². The molecule has 3 rings (SSSR count). The molecule has 1 aliphatic rings. The highest BCUT2D eigenvalue weighted by Crippen LogP contribution is 2.24. The summed E-state index contributed by atoms with van der Waals surface area (Å²) >= 11 is 0. The van der Waals surface area contributed by atoms with Gasteiger partial charge in [-0.15, -0.1) is 0 Å². The molecule has 0 spiro atoms. The highest BCUT2D eigenvalue weighted by Gasteiger charge is 2.24. The minimum absolute atomic E-state index is 0.350. The number of nitrogens with one attached hydrogen (secondary N) is 1. The monoisotopic (exact) mass is 296 g/mol. The number of rotatable bonds is 7. The van der Waals surface area contributed by atoms with Crippen molar-refractivity contribution < 1.29 is 4.42 Å². The van der Waals surface area contributed by atoms with Gasteiger partial charge >= 0.3 is 0 Å². The van der Waals surface area contributed by atoms with E-state index in [1.165, 1.54) is 31.5 Å². The molecule has 22 heavy (non-hydrogen) atoms. The maximum atomic E-state index is 5.63. The summed E-state index contributed by atoms with van der Waals surface area (Å²) in [6.45, 7) is 4.15. The highest BCUT2D eigenvalue weighted by molar-refractivity contribution is 5.48. The van der Waals surface area contributed by atoms with E-state index in [4.69, 9.17) is 4.42 Å². The Bertz CT molecular complexity index is 556. The molecule has 0 radical (unpaired) electrons. The summed E-state index contributed by atoms with van der Waals surface area (Å²) < 4.78 is 5.63. The van der Waals surface area contributed by atoms with E-state index in [0.29, 0.717) is 6.04 Å². The largest absolute Gasteiger partial charge is 0.468 e. The Morgan fingerprint density at radius 3 is 2.64 bits per heavy atom. The Balaban J connectivity index is 1.50. The smallest absolute Gasteiger partial charge is 0.122 e. The second-order valence-electron chi connectivity index (χ2n) is 5.75. The van der Waals surface area contributed by atoms with E-state index in [-0.39, 0.29) is 0 Å². The van der Waals surface area contributed by atoms with Crippen LogP contribution in [0.3, 0.4) is 0 Å². The Hall–Kier alpha value is -1.84. The van der Waals surface area contributed by atoms with Gasteiger partial charge in [-0.3, -0.25) is 4.90 Å². The molecule has 0 amide bonds. The lowest BCUT2D eigenvalue weighted by molar-refractivity contribution is 0.211. The van der Waals surface area contributed by atoms with Crippen molar-refractivity contribution in [2.45, 2.75) is 18.9 Å². The van der Waals surface area contributed by atoms with Crippen LogP contribution in [0.15, 0.2) is 59.2 Å². The number of nitrogens with zero attached hydrogens (tertiary/aromatic N) is 1. The van der Waals surface area contributed by atoms with Crippen LogP contribution in [-0.2, 0) is 0 Å². The highest BCUT2D eigenvalue weighted by atomic mass is 16.3. The molecular formula is C19H24N2O. The van der Waals surface area contributed by atoms with Crippen LogP contribution in [0.2, 0.25) is 0 Å². The van der Waals surface area contributed by atoms with Crippen LogP contribution in [-0.4, -0.2) is 31.1 Å². The van der Waals surface area contributed by atoms with Gasteiger partial charge < -0.3 is 9.73 Å². The second-order valence-corrected chi connectivity index (χ2v) is 5.75. The molecule has 1 unspecified atom stereocenters. The average Bonchev–Trinajstić information content (AvgIpc) is 3.25. The summed E-state index contributed by atoms with van der Waals surface area (Å²) in [5.41, 5.74) is 1.24. The molecule has 0 saturated carbocycles. The molecule has 2 heterocycles. The van der Waals surface area contributed by atoms with Gasteiger partial charge in [0, 0.05) is 13.1 Å². The quantitative estimate of drug-likeness (QED) is 0.789. The fourth-order valence-electron chi connectivity index (χ4n) is 3.01. The molecule has 1 N–H and O–H groups in total. The predicted octanol–water partition coefficient (Wildman–Crippen LogP) is 3.72. The number of furan rings is 1. The molecule has 1 fully saturated rings. The summed E-state index contributed by atoms with van der Waals surface area (Å²) in [5, 5.41) is 3.53. The van der Waals surface area contributed by atoms with E-state index in [9.17, 15) is 0 Å². The third kappa shape index (κ3) is 4.09. The van der Waals surface area contributed by atoms with Crippen LogP contribution < -0.4 is 5.32 Å². The number of likely N-dealkylation sites (tertiary alicyclic amines) is 1. The molecule has 2 aromatic rings. The first-order valence-electron chi connectivity index (χ1n) is 8.13. The minimum Gasteiger partial charge on any atom is -0.468 e. The summed E-state index contributed by atoms with van der Waals surface area (Å²) in [7, 11) is 0. The number of hydrogen-bond donors (Lipinski definition) is 1. The second kappa shape index (κ2) is 7.97. The van der Waals surface area contributed by atoms with Gasteiger partial charge in [-0.1, -0.05) is 42.5 Å². The first-order chi connectivity index (χ1) is 10.9. The van der Waals surface area contributed by atoms with E-state index in [1.54, 1.807) is 6.26 Å². The zero-order chi connectivity index (χ0) is 15.0. The van der Waals surface area contributed by atoms with Crippen molar-refractivity contribution in [3.05, 3.63) is 66.1 Å². The van der Waals surface area contributed by atoms with Crippen molar-refractivity contribution >= 4 is 6.08 Å². The third-order valence-corrected chi connectivity index (χ3v) is 4.16. The number of hydrogen-bond acceptors (Lipinski definition) is 3. The van der Waals surface area contributed by atoms with Gasteiger partial charge in [0.25, 0.3) is 0 Å². The van der Waals surface area contributed by atoms with Gasteiger partial charge in [0.05, 0.1) is 12.3 Å². The van der Waals surface area contributed by atoms with Gasteiger partial charge in [-0.05, 0) is 43.6 Å². The van der Waals surface area contributed by atoms with Gasteiger partial charge in [-0.25, -0.2) is 0 Å². The standard InChI is InChI=1S/C19H24N2O/c1-2-8-17(9-3-1)10-6-12-20-16-18(19-11-7-15-22-19)21-13-4-5-14-21/h1-3,6-11,15,18,20H,4-5,12-14,16H2/b10-6+. The van der Waals surface area contributed by atoms with E-state index >= 15 is 0 Å². The molecule has 0 aliphatic carbocycles. The zero-order valence-electron chi connectivity index (χ0n) is 12.9. The predicted molar refractivity (Wildman–Crippen MR) is 90.6 cm³/mol. The summed E-state index contributed by atoms with van der Waals surface area (Å²) in [4.78, 5) is 2.52. The van der Waals surface area contributed by atoms with Crippen molar-refractivity contribution in [3.8, 4) is 0 Å². The first kappa shape index (κ1) is 15.1. The van der Waals surface area contributed by atoms with Crippen molar-refractivity contribution in [1.29, 1.82) is 0 Å². The lowest BCUT2D eigenvalue weighted by Gasteiger charge is -2.25. The Kier molecular flexibility index (Phi) is 5.46. The van der Waals surface area contributed by atoms with Gasteiger partial charge in [0.2, 0.25) is 0 Å². The Morgan fingerprint density at radius 2 is 1.91 bits per heavy atom. The van der Waals surface area contributed by atoms with Crippen LogP contribution in [0.1, 0.15) is 30.2 Å². The van der Waals surface area contributed by atoms with Crippen LogP contribution >= 0.6 is 0 Å². The summed E-state index contributed by atoms with van der Waals surface area (Å²) in [6.07, 6.45) is 8.70. The lowest BCUT2D eigenvalue weighted by atomic mass is 10.2. The van der Waals surface area contributed by atoms with Crippen molar-refractivity contribution in [3.63, 3.8) is 0 Å². The average molecular weight is 296 g/mol. The first-order valence-corrected chi connectivity index (χ1v) is 8.13. The molecule has 0 bridgehead atoms. The molecule has 1 atom stereocenters. The van der Waals surface area contributed by atoms with E-state index in [0.717, 1.165) is 18.8 Å². The Labute approximate surface area is 132 Å². The topological polar surface area (TPSA) is 28.4 Å². The van der Waals surface area contributed by atoms with Gasteiger partial charge in [-0.2, -0.15) is 0 Å². The van der Waals surface area contributed by atoms with Crippen LogP contribution in [0.4, 0.5) is 0 Å². The minimum atomic E-state index is 0.350. The van der Waals surface area contributed by atoms with Crippen LogP contribution in [0, 0.1) is 0 Å².